The van der Waals surface area contributed by atoms with Crippen LogP contribution in [-0.4, -0.2) is 21.5 Å². The van der Waals surface area contributed by atoms with Gasteiger partial charge in [-0.3, -0.25) is 4.98 Å². The van der Waals surface area contributed by atoms with Crippen LogP contribution < -0.4 is 5.32 Å². The Morgan fingerprint density at radius 3 is 2.70 bits per heavy atom. The van der Waals surface area contributed by atoms with E-state index in [4.69, 9.17) is 23.2 Å². The minimum atomic E-state index is -0.416. The Labute approximate surface area is 126 Å². The van der Waals surface area contributed by atoms with E-state index in [9.17, 15) is 4.39 Å². The van der Waals surface area contributed by atoms with Gasteiger partial charge in [-0.25, -0.2) is 14.4 Å². The third-order valence-corrected chi connectivity index (χ3v) is 3.33. The van der Waals surface area contributed by atoms with Gasteiger partial charge in [0.15, 0.2) is 0 Å². The summed E-state index contributed by atoms with van der Waals surface area (Å²) in [6.07, 6.45) is 1.83. The van der Waals surface area contributed by atoms with Crippen LogP contribution in [0.4, 0.5) is 10.2 Å². The van der Waals surface area contributed by atoms with E-state index >= 15 is 0 Å². The standard InChI is InChI=1S/C13H13Cl2FN4/c1-7-12(15)13(20-8(2)19-7)17-4-3-11-10(16)5-9(14)6-18-11/h5-6H,3-4H2,1-2H3,(H,17,19,20). The van der Waals surface area contributed by atoms with E-state index in [-0.39, 0.29) is 5.02 Å². The summed E-state index contributed by atoms with van der Waals surface area (Å²) in [6, 6.07) is 1.25. The van der Waals surface area contributed by atoms with Crippen LogP contribution in [-0.2, 0) is 6.42 Å². The molecule has 0 aromatic carbocycles. The molecule has 0 unspecified atom stereocenters. The summed E-state index contributed by atoms with van der Waals surface area (Å²) in [7, 11) is 0. The molecule has 0 bridgehead atoms. The zero-order valence-electron chi connectivity index (χ0n) is 11.0. The first kappa shape index (κ1) is 14.9. The van der Waals surface area contributed by atoms with Crippen LogP contribution in [0.2, 0.25) is 10.0 Å². The number of aromatic nitrogens is 3. The highest BCUT2D eigenvalue weighted by atomic mass is 35.5. The summed E-state index contributed by atoms with van der Waals surface area (Å²) in [5, 5.41) is 3.82. The lowest BCUT2D eigenvalue weighted by Crippen LogP contribution is -2.10. The van der Waals surface area contributed by atoms with Gasteiger partial charge in [-0.05, 0) is 19.9 Å². The molecule has 2 aromatic heterocycles. The molecule has 2 aromatic rings. The minimum Gasteiger partial charge on any atom is -0.368 e. The van der Waals surface area contributed by atoms with Gasteiger partial charge in [0, 0.05) is 19.2 Å². The van der Waals surface area contributed by atoms with Crippen LogP contribution in [0.15, 0.2) is 12.3 Å². The molecule has 0 aliphatic rings. The summed E-state index contributed by atoms with van der Waals surface area (Å²) in [5.41, 5.74) is 1.05. The van der Waals surface area contributed by atoms with Gasteiger partial charge < -0.3 is 5.32 Å². The molecule has 0 aliphatic heterocycles. The smallest absolute Gasteiger partial charge is 0.148 e. The van der Waals surface area contributed by atoms with Crippen LogP contribution in [0.1, 0.15) is 17.2 Å². The molecule has 20 heavy (non-hydrogen) atoms. The van der Waals surface area contributed by atoms with Gasteiger partial charge in [-0.1, -0.05) is 23.2 Å². The van der Waals surface area contributed by atoms with Crippen molar-refractivity contribution in [1.29, 1.82) is 0 Å². The number of nitrogens with zero attached hydrogens (tertiary/aromatic N) is 3. The monoisotopic (exact) mass is 314 g/mol. The predicted molar refractivity (Wildman–Crippen MR) is 77.9 cm³/mol. The van der Waals surface area contributed by atoms with Crippen molar-refractivity contribution in [1.82, 2.24) is 15.0 Å². The Bertz CT molecular complexity index is 634. The average molecular weight is 315 g/mol. The van der Waals surface area contributed by atoms with Crippen LogP contribution in [0, 0.1) is 19.7 Å². The van der Waals surface area contributed by atoms with Crippen molar-refractivity contribution in [2.45, 2.75) is 20.3 Å². The summed E-state index contributed by atoms with van der Waals surface area (Å²) in [4.78, 5) is 12.3. The number of anilines is 1. The van der Waals surface area contributed by atoms with Gasteiger partial charge in [0.1, 0.15) is 22.5 Å². The molecule has 0 saturated carbocycles. The fourth-order valence-corrected chi connectivity index (χ4v) is 2.04. The fraction of sp³-hybridized carbons (Fsp3) is 0.308. The highest BCUT2D eigenvalue weighted by Gasteiger charge is 2.09. The zero-order chi connectivity index (χ0) is 14.7. The number of halogens is 3. The molecule has 0 saturated heterocycles. The number of rotatable bonds is 4. The van der Waals surface area contributed by atoms with Crippen molar-refractivity contribution < 1.29 is 4.39 Å². The molecular formula is C13H13Cl2FN4. The van der Waals surface area contributed by atoms with Crippen molar-refractivity contribution in [2.24, 2.45) is 0 Å². The number of hydrogen-bond donors (Lipinski definition) is 1. The summed E-state index contributed by atoms with van der Waals surface area (Å²) < 4.78 is 13.6. The first-order valence-electron chi connectivity index (χ1n) is 6.02. The van der Waals surface area contributed by atoms with Gasteiger partial charge in [-0.2, -0.15) is 0 Å². The van der Waals surface area contributed by atoms with Crippen LogP contribution in [0.25, 0.3) is 0 Å². The summed E-state index contributed by atoms with van der Waals surface area (Å²) in [5.74, 6) is 0.761. The van der Waals surface area contributed by atoms with E-state index in [1.54, 1.807) is 6.92 Å². The third-order valence-electron chi connectivity index (χ3n) is 2.67. The maximum absolute atomic E-state index is 13.6. The second-order valence-corrected chi connectivity index (χ2v) is 5.09. The van der Waals surface area contributed by atoms with Gasteiger partial charge >= 0.3 is 0 Å². The van der Waals surface area contributed by atoms with Gasteiger partial charge in [0.05, 0.1) is 16.4 Å². The van der Waals surface area contributed by atoms with E-state index in [1.165, 1.54) is 12.3 Å². The Morgan fingerprint density at radius 1 is 1.25 bits per heavy atom. The number of aryl methyl sites for hydroxylation is 2. The normalized spacial score (nSPS) is 10.7. The topological polar surface area (TPSA) is 50.7 Å². The Balaban J connectivity index is 2.03. The van der Waals surface area contributed by atoms with Crippen molar-refractivity contribution >= 4 is 29.0 Å². The van der Waals surface area contributed by atoms with E-state index in [0.717, 1.165) is 0 Å². The van der Waals surface area contributed by atoms with E-state index in [2.05, 4.69) is 20.3 Å². The zero-order valence-corrected chi connectivity index (χ0v) is 12.6. The van der Waals surface area contributed by atoms with E-state index in [0.29, 0.717) is 41.0 Å². The van der Waals surface area contributed by atoms with E-state index in [1.807, 2.05) is 6.92 Å². The number of hydrogen-bond acceptors (Lipinski definition) is 4. The molecule has 4 nitrogen and oxygen atoms in total. The van der Waals surface area contributed by atoms with Gasteiger partial charge in [-0.15, -0.1) is 0 Å². The molecule has 0 spiro atoms. The predicted octanol–water partition coefficient (Wildman–Crippen LogP) is 3.59. The molecule has 1 N–H and O–H groups in total. The Hall–Kier alpha value is -1.46. The highest BCUT2D eigenvalue weighted by molar-refractivity contribution is 6.33. The van der Waals surface area contributed by atoms with Gasteiger partial charge in [0.25, 0.3) is 0 Å². The molecule has 2 heterocycles. The maximum Gasteiger partial charge on any atom is 0.148 e. The Kier molecular flexibility index (Phi) is 4.73. The molecule has 0 amide bonds. The van der Waals surface area contributed by atoms with Crippen molar-refractivity contribution in [2.75, 3.05) is 11.9 Å². The third kappa shape index (κ3) is 3.55. The summed E-state index contributed by atoms with van der Waals surface area (Å²) >= 11 is 11.8. The lowest BCUT2D eigenvalue weighted by molar-refractivity contribution is 0.600. The second kappa shape index (κ2) is 6.33. The molecule has 2 rings (SSSR count). The van der Waals surface area contributed by atoms with Crippen LogP contribution in [0.3, 0.4) is 0 Å². The first-order valence-corrected chi connectivity index (χ1v) is 6.77. The highest BCUT2D eigenvalue weighted by Crippen LogP contribution is 2.22. The minimum absolute atomic E-state index is 0.282. The van der Waals surface area contributed by atoms with Crippen molar-refractivity contribution in [3.05, 3.63) is 45.3 Å². The van der Waals surface area contributed by atoms with E-state index < -0.39 is 5.82 Å². The largest absolute Gasteiger partial charge is 0.368 e. The average Bonchev–Trinajstić information content (AvgIpc) is 2.37. The molecule has 0 atom stereocenters. The van der Waals surface area contributed by atoms with Crippen molar-refractivity contribution in [3.63, 3.8) is 0 Å². The lowest BCUT2D eigenvalue weighted by Gasteiger charge is -2.09. The van der Waals surface area contributed by atoms with Crippen LogP contribution in [0.5, 0.6) is 0 Å². The van der Waals surface area contributed by atoms with Gasteiger partial charge in [0.2, 0.25) is 0 Å². The molecule has 0 aliphatic carbocycles. The first-order chi connectivity index (χ1) is 9.47. The van der Waals surface area contributed by atoms with Crippen molar-refractivity contribution in [3.8, 4) is 0 Å². The molecule has 0 fully saturated rings. The number of nitrogens with one attached hydrogen (secondary N) is 1. The second-order valence-electron chi connectivity index (χ2n) is 4.28. The molecular weight excluding hydrogens is 302 g/mol. The molecule has 0 radical (unpaired) electrons. The summed E-state index contributed by atoms with van der Waals surface area (Å²) in [6.45, 7) is 4.05. The molecule has 7 heteroatoms. The SMILES string of the molecule is Cc1nc(C)c(Cl)c(NCCc2ncc(Cl)cc2F)n1. The van der Waals surface area contributed by atoms with Crippen LogP contribution >= 0.6 is 23.2 Å². The Morgan fingerprint density at radius 2 is 2.00 bits per heavy atom. The lowest BCUT2D eigenvalue weighted by atomic mass is 10.2. The quantitative estimate of drug-likeness (QED) is 0.937. The number of pyridine rings is 1. The molecule has 106 valence electrons. The maximum atomic E-state index is 13.6. The fourth-order valence-electron chi connectivity index (χ4n) is 1.74.